The van der Waals surface area contributed by atoms with Crippen molar-refractivity contribution in [1.82, 2.24) is 4.98 Å². The predicted octanol–water partition coefficient (Wildman–Crippen LogP) is 4.39. The van der Waals surface area contributed by atoms with E-state index in [0.717, 1.165) is 16.9 Å². The normalized spacial score (nSPS) is 10.2. The van der Waals surface area contributed by atoms with Gasteiger partial charge in [0, 0.05) is 5.69 Å². The van der Waals surface area contributed by atoms with Crippen LogP contribution in [-0.2, 0) is 0 Å². The Morgan fingerprint density at radius 1 is 1.00 bits per heavy atom. The van der Waals surface area contributed by atoms with Crippen molar-refractivity contribution in [2.24, 2.45) is 0 Å². The molecule has 0 radical (unpaired) electrons. The van der Waals surface area contributed by atoms with E-state index in [1.165, 1.54) is 0 Å². The lowest BCUT2D eigenvalue weighted by Crippen LogP contribution is -2.14. The van der Waals surface area contributed by atoms with Gasteiger partial charge in [-0.15, -0.1) is 0 Å². The number of nitrogens with one attached hydrogen (secondary N) is 2. The van der Waals surface area contributed by atoms with Crippen LogP contribution in [-0.4, -0.2) is 18.0 Å². The SMILES string of the molecule is COc1ccc(C)cc1NC(=O)c1ccc(Nc2ccccc2)cn1. The number of nitrogens with zero attached hydrogens (tertiary/aromatic N) is 1. The number of hydrogen-bond donors (Lipinski definition) is 2. The Bertz CT molecular complexity index is 862. The molecule has 2 aromatic carbocycles. The van der Waals surface area contributed by atoms with Crippen molar-refractivity contribution in [3.8, 4) is 5.75 Å². The van der Waals surface area contributed by atoms with E-state index >= 15 is 0 Å². The van der Waals surface area contributed by atoms with Gasteiger partial charge >= 0.3 is 0 Å². The molecule has 0 aliphatic carbocycles. The fourth-order valence-corrected chi connectivity index (χ4v) is 2.40. The van der Waals surface area contributed by atoms with Crippen molar-refractivity contribution in [1.29, 1.82) is 0 Å². The maximum Gasteiger partial charge on any atom is 0.274 e. The van der Waals surface area contributed by atoms with Crippen molar-refractivity contribution in [3.63, 3.8) is 0 Å². The second-order valence-electron chi connectivity index (χ2n) is 5.58. The largest absolute Gasteiger partial charge is 0.495 e. The molecule has 0 fully saturated rings. The molecule has 5 nitrogen and oxygen atoms in total. The molecule has 0 spiro atoms. The number of anilines is 3. The zero-order valence-electron chi connectivity index (χ0n) is 14.1. The number of rotatable bonds is 5. The Balaban J connectivity index is 1.72. The van der Waals surface area contributed by atoms with Gasteiger partial charge in [0.1, 0.15) is 11.4 Å². The van der Waals surface area contributed by atoms with Crippen molar-refractivity contribution in [2.75, 3.05) is 17.7 Å². The first-order valence-electron chi connectivity index (χ1n) is 7.90. The van der Waals surface area contributed by atoms with Crippen molar-refractivity contribution in [3.05, 3.63) is 78.1 Å². The van der Waals surface area contributed by atoms with Crippen molar-refractivity contribution < 1.29 is 9.53 Å². The van der Waals surface area contributed by atoms with Crippen LogP contribution in [0.25, 0.3) is 0 Å². The average Bonchev–Trinajstić information content (AvgIpc) is 2.63. The van der Waals surface area contributed by atoms with E-state index in [4.69, 9.17) is 4.74 Å². The molecule has 0 atom stereocenters. The molecule has 3 rings (SSSR count). The second kappa shape index (κ2) is 7.49. The first-order chi connectivity index (χ1) is 12.2. The number of carbonyl (C=O) groups is 1. The van der Waals surface area contributed by atoms with Gasteiger partial charge in [-0.05, 0) is 48.9 Å². The van der Waals surface area contributed by atoms with Crippen LogP contribution in [0.3, 0.4) is 0 Å². The van der Waals surface area contributed by atoms with Gasteiger partial charge in [-0.2, -0.15) is 0 Å². The molecule has 0 aliphatic heterocycles. The minimum atomic E-state index is -0.282. The highest BCUT2D eigenvalue weighted by atomic mass is 16.5. The first kappa shape index (κ1) is 16.5. The summed E-state index contributed by atoms with van der Waals surface area (Å²) in [6, 6.07) is 18.9. The molecule has 1 amide bonds. The van der Waals surface area contributed by atoms with Crippen LogP contribution in [0, 0.1) is 6.92 Å². The third-order valence-electron chi connectivity index (χ3n) is 3.66. The number of benzene rings is 2. The fourth-order valence-electron chi connectivity index (χ4n) is 2.40. The molecule has 0 saturated heterocycles. The molecule has 0 aliphatic rings. The molecule has 1 heterocycles. The quantitative estimate of drug-likeness (QED) is 0.727. The zero-order chi connectivity index (χ0) is 17.6. The highest BCUT2D eigenvalue weighted by Gasteiger charge is 2.11. The van der Waals surface area contributed by atoms with E-state index in [0.29, 0.717) is 17.1 Å². The Morgan fingerprint density at radius 3 is 2.48 bits per heavy atom. The maximum atomic E-state index is 12.4. The Kier molecular flexibility index (Phi) is 4.95. The number of carbonyl (C=O) groups excluding carboxylic acids is 1. The van der Waals surface area contributed by atoms with Gasteiger partial charge in [-0.1, -0.05) is 24.3 Å². The number of methoxy groups -OCH3 is 1. The van der Waals surface area contributed by atoms with Crippen LogP contribution in [0.2, 0.25) is 0 Å². The number of pyridine rings is 1. The predicted molar refractivity (Wildman–Crippen MR) is 99.6 cm³/mol. The minimum Gasteiger partial charge on any atom is -0.495 e. The van der Waals surface area contributed by atoms with Crippen LogP contribution in [0.4, 0.5) is 17.1 Å². The number of amides is 1. The monoisotopic (exact) mass is 333 g/mol. The molecular weight excluding hydrogens is 314 g/mol. The van der Waals surface area contributed by atoms with Gasteiger partial charge in [0.2, 0.25) is 0 Å². The maximum absolute atomic E-state index is 12.4. The van der Waals surface area contributed by atoms with E-state index in [-0.39, 0.29) is 5.91 Å². The lowest BCUT2D eigenvalue weighted by atomic mass is 10.2. The summed E-state index contributed by atoms with van der Waals surface area (Å²) in [6.45, 7) is 1.96. The number of aryl methyl sites for hydroxylation is 1. The van der Waals surface area contributed by atoms with E-state index in [1.54, 1.807) is 19.4 Å². The Hall–Kier alpha value is -3.34. The summed E-state index contributed by atoms with van der Waals surface area (Å²) in [5, 5.41) is 6.07. The van der Waals surface area contributed by atoms with Crippen LogP contribution in [0.1, 0.15) is 16.1 Å². The molecule has 5 heteroatoms. The van der Waals surface area contributed by atoms with Crippen molar-refractivity contribution >= 4 is 23.0 Å². The summed E-state index contributed by atoms with van der Waals surface area (Å²) in [5.41, 5.74) is 3.77. The minimum absolute atomic E-state index is 0.282. The molecule has 0 saturated carbocycles. The molecule has 126 valence electrons. The number of hydrogen-bond acceptors (Lipinski definition) is 4. The van der Waals surface area contributed by atoms with Crippen molar-refractivity contribution in [2.45, 2.75) is 6.92 Å². The summed E-state index contributed by atoms with van der Waals surface area (Å²) in [6.07, 6.45) is 1.63. The van der Waals surface area contributed by atoms with Crippen LogP contribution in [0.5, 0.6) is 5.75 Å². The number of ether oxygens (including phenoxy) is 1. The molecule has 0 bridgehead atoms. The van der Waals surface area contributed by atoms with Gasteiger partial charge in [0.25, 0.3) is 5.91 Å². The summed E-state index contributed by atoms with van der Waals surface area (Å²) >= 11 is 0. The van der Waals surface area contributed by atoms with E-state index < -0.39 is 0 Å². The zero-order valence-corrected chi connectivity index (χ0v) is 14.1. The molecular formula is C20H19N3O2. The first-order valence-corrected chi connectivity index (χ1v) is 7.90. The average molecular weight is 333 g/mol. The standard InChI is InChI=1S/C20H19N3O2/c1-14-8-11-19(25-2)18(12-14)23-20(24)17-10-9-16(13-21-17)22-15-6-4-3-5-7-15/h3-13,22H,1-2H3,(H,23,24). The molecule has 0 unspecified atom stereocenters. The molecule has 3 aromatic rings. The molecule has 2 N–H and O–H groups in total. The highest BCUT2D eigenvalue weighted by Crippen LogP contribution is 2.25. The number of para-hydroxylation sites is 1. The Labute approximate surface area is 146 Å². The Morgan fingerprint density at radius 2 is 1.80 bits per heavy atom. The second-order valence-corrected chi connectivity index (χ2v) is 5.58. The van der Waals surface area contributed by atoms with Crippen LogP contribution >= 0.6 is 0 Å². The van der Waals surface area contributed by atoms with E-state index in [2.05, 4.69) is 15.6 Å². The van der Waals surface area contributed by atoms with Gasteiger partial charge < -0.3 is 15.4 Å². The third-order valence-corrected chi connectivity index (χ3v) is 3.66. The summed E-state index contributed by atoms with van der Waals surface area (Å²) < 4.78 is 5.28. The lowest BCUT2D eigenvalue weighted by Gasteiger charge is -2.11. The molecule has 1 aromatic heterocycles. The summed E-state index contributed by atoms with van der Waals surface area (Å²) in [5.74, 6) is 0.330. The summed E-state index contributed by atoms with van der Waals surface area (Å²) in [7, 11) is 1.57. The van der Waals surface area contributed by atoms with E-state index in [1.807, 2.05) is 61.5 Å². The van der Waals surface area contributed by atoms with Gasteiger partial charge in [-0.25, -0.2) is 4.98 Å². The lowest BCUT2D eigenvalue weighted by molar-refractivity contribution is 0.102. The third kappa shape index (κ3) is 4.14. The van der Waals surface area contributed by atoms with Gasteiger partial charge in [0.15, 0.2) is 0 Å². The van der Waals surface area contributed by atoms with Crippen LogP contribution in [0.15, 0.2) is 66.9 Å². The number of aromatic nitrogens is 1. The summed E-state index contributed by atoms with van der Waals surface area (Å²) in [4.78, 5) is 16.6. The van der Waals surface area contributed by atoms with Gasteiger partial charge in [-0.3, -0.25) is 4.79 Å². The topological polar surface area (TPSA) is 63.2 Å². The van der Waals surface area contributed by atoms with Crippen LogP contribution < -0.4 is 15.4 Å². The molecule has 25 heavy (non-hydrogen) atoms. The fraction of sp³-hybridized carbons (Fsp3) is 0.100. The highest BCUT2D eigenvalue weighted by molar-refractivity contribution is 6.03. The van der Waals surface area contributed by atoms with E-state index in [9.17, 15) is 4.79 Å². The van der Waals surface area contributed by atoms with Gasteiger partial charge in [0.05, 0.1) is 24.7 Å². The smallest absolute Gasteiger partial charge is 0.274 e.